The maximum atomic E-state index is 15.2. The molecule has 0 spiro atoms. The van der Waals surface area contributed by atoms with E-state index in [-0.39, 0.29) is 17.2 Å². The van der Waals surface area contributed by atoms with E-state index >= 15 is 4.39 Å². The molecule has 2 fully saturated rings. The topological polar surface area (TPSA) is 75.5 Å². The Morgan fingerprint density at radius 1 is 1.07 bits per heavy atom. The van der Waals surface area contributed by atoms with E-state index in [2.05, 4.69) is 53.9 Å². The standard InChI is InChI=1S/C34H41FN6O2/c1-23-6-7-28(18-38-23)39-13-4-5-29(22-39)40(19-25-10-11-37-24(2)15-25)20-26-21-41(27-8-9-27)32-17-33(43-14-12-36-3)31(35)16-30(32)34(26)42/h6-7,10-11,15-18,21,27,29,36H,4-5,8-9,12-14,19-20,22H2,1-3H3/t29-/m0/s1. The van der Waals surface area contributed by atoms with Gasteiger partial charge in [-0.1, -0.05) is 0 Å². The molecule has 226 valence electrons. The van der Waals surface area contributed by atoms with Crippen LogP contribution in [0.3, 0.4) is 0 Å². The van der Waals surface area contributed by atoms with Crippen LogP contribution in [0.25, 0.3) is 10.9 Å². The minimum Gasteiger partial charge on any atom is -0.489 e. The molecule has 1 aromatic carbocycles. The average Bonchev–Trinajstić information content (AvgIpc) is 3.85. The molecule has 8 nitrogen and oxygen atoms in total. The lowest BCUT2D eigenvalue weighted by molar-refractivity contribution is 0.158. The largest absolute Gasteiger partial charge is 0.489 e. The summed E-state index contributed by atoms with van der Waals surface area (Å²) in [6.45, 7) is 7.97. The number of aryl methyl sites for hydroxylation is 2. The van der Waals surface area contributed by atoms with Gasteiger partial charge in [-0.15, -0.1) is 0 Å². The summed E-state index contributed by atoms with van der Waals surface area (Å²) < 4.78 is 23.1. The SMILES string of the molecule is CNCCOc1cc2c(cc1F)c(=O)c(CN(Cc1ccnc(C)c1)[C@H]1CCCN(c3ccc(C)nc3)C1)cn2C1CC1. The van der Waals surface area contributed by atoms with Crippen molar-refractivity contribution in [1.29, 1.82) is 0 Å². The quantitative estimate of drug-likeness (QED) is 0.244. The molecule has 0 bridgehead atoms. The number of aromatic nitrogens is 3. The Hall–Kier alpha value is -3.82. The number of nitrogens with zero attached hydrogens (tertiary/aromatic N) is 5. The summed E-state index contributed by atoms with van der Waals surface area (Å²) in [6.07, 6.45) is 10.0. The molecule has 43 heavy (non-hydrogen) atoms. The van der Waals surface area contributed by atoms with Gasteiger partial charge >= 0.3 is 0 Å². The van der Waals surface area contributed by atoms with Gasteiger partial charge in [0.25, 0.3) is 0 Å². The first-order valence-corrected chi connectivity index (χ1v) is 15.4. The predicted molar refractivity (Wildman–Crippen MR) is 168 cm³/mol. The van der Waals surface area contributed by atoms with Crippen LogP contribution in [-0.4, -0.2) is 58.8 Å². The summed E-state index contributed by atoms with van der Waals surface area (Å²) in [5, 5.41) is 3.43. The van der Waals surface area contributed by atoms with Crippen LogP contribution < -0.4 is 20.4 Å². The number of hydrogen-bond donors (Lipinski definition) is 1. The lowest BCUT2D eigenvalue weighted by Gasteiger charge is -2.40. The van der Waals surface area contributed by atoms with Crippen molar-refractivity contribution in [2.45, 2.75) is 64.7 Å². The van der Waals surface area contributed by atoms with Crippen LogP contribution in [-0.2, 0) is 13.1 Å². The molecule has 6 rings (SSSR count). The number of piperidine rings is 1. The Morgan fingerprint density at radius 2 is 1.93 bits per heavy atom. The first kappa shape index (κ1) is 29.3. The molecule has 0 radical (unpaired) electrons. The molecule has 1 saturated carbocycles. The molecule has 1 aliphatic heterocycles. The number of halogens is 1. The first-order valence-electron chi connectivity index (χ1n) is 15.4. The third-order valence-electron chi connectivity index (χ3n) is 8.60. The predicted octanol–water partition coefficient (Wildman–Crippen LogP) is 5.15. The van der Waals surface area contributed by atoms with Crippen molar-refractivity contribution in [3.05, 3.63) is 93.5 Å². The van der Waals surface area contributed by atoms with E-state index < -0.39 is 5.82 Å². The van der Waals surface area contributed by atoms with Crippen LogP contribution in [0, 0.1) is 19.7 Å². The van der Waals surface area contributed by atoms with Crippen molar-refractivity contribution in [1.82, 2.24) is 24.8 Å². The molecule has 0 amide bonds. The number of rotatable bonds is 11. The van der Waals surface area contributed by atoms with E-state index in [1.54, 1.807) is 6.07 Å². The fourth-order valence-electron chi connectivity index (χ4n) is 6.15. The molecule has 3 aromatic heterocycles. The van der Waals surface area contributed by atoms with Gasteiger partial charge < -0.3 is 19.5 Å². The molecule has 4 aromatic rings. The maximum absolute atomic E-state index is 15.2. The highest BCUT2D eigenvalue weighted by Gasteiger charge is 2.30. The number of likely N-dealkylation sites (N-methyl/N-ethyl adjacent to an activating group) is 1. The number of anilines is 1. The van der Waals surface area contributed by atoms with Gasteiger partial charge in [-0.25, -0.2) is 4.39 Å². The summed E-state index contributed by atoms with van der Waals surface area (Å²) in [6, 6.07) is 12.0. The Balaban J connectivity index is 1.35. The molecule has 1 N–H and O–H groups in total. The molecular formula is C34H41FN6O2. The van der Waals surface area contributed by atoms with E-state index in [1.807, 2.05) is 39.5 Å². The van der Waals surface area contributed by atoms with E-state index in [1.165, 1.54) is 11.6 Å². The lowest BCUT2D eigenvalue weighted by Crippen LogP contribution is -2.48. The molecule has 9 heteroatoms. The van der Waals surface area contributed by atoms with Gasteiger partial charge in [-0.05, 0) is 82.5 Å². The van der Waals surface area contributed by atoms with Gasteiger partial charge in [0.05, 0.1) is 17.4 Å². The summed E-state index contributed by atoms with van der Waals surface area (Å²) in [7, 11) is 1.83. The smallest absolute Gasteiger partial charge is 0.193 e. The monoisotopic (exact) mass is 584 g/mol. The second-order valence-corrected chi connectivity index (χ2v) is 12.0. The average molecular weight is 585 g/mol. The number of benzene rings is 1. The van der Waals surface area contributed by atoms with Crippen molar-refractivity contribution in [2.75, 3.05) is 38.2 Å². The van der Waals surface area contributed by atoms with Crippen molar-refractivity contribution < 1.29 is 9.13 Å². The van der Waals surface area contributed by atoms with Gasteiger partial charge in [0.1, 0.15) is 6.61 Å². The van der Waals surface area contributed by atoms with Crippen LogP contribution in [0.4, 0.5) is 10.1 Å². The Morgan fingerprint density at radius 3 is 2.67 bits per heavy atom. The first-order chi connectivity index (χ1) is 20.9. The van der Waals surface area contributed by atoms with Gasteiger partial charge in [0, 0.05) is 85.6 Å². The molecule has 0 unspecified atom stereocenters. The van der Waals surface area contributed by atoms with E-state index in [4.69, 9.17) is 4.74 Å². The van der Waals surface area contributed by atoms with Crippen LogP contribution >= 0.6 is 0 Å². The molecule has 1 atom stereocenters. The Kier molecular flexibility index (Phi) is 8.72. The third kappa shape index (κ3) is 6.73. The second kappa shape index (κ2) is 12.8. The summed E-state index contributed by atoms with van der Waals surface area (Å²) in [4.78, 5) is 27.7. The Bertz CT molecular complexity index is 1640. The minimum absolute atomic E-state index is 0.112. The van der Waals surface area contributed by atoms with Gasteiger partial charge in [-0.3, -0.25) is 19.7 Å². The van der Waals surface area contributed by atoms with Gasteiger partial charge in [0.2, 0.25) is 0 Å². The number of pyridine rings is 3. The number of fused-ring (bicyclic) bond motifs is 1. The van der Waals surface area contributed by atoms with Crippen LogP contribution in [0.2, 0.25) is 0 Å². The molecule has 1 saturated heterocycles. The fraction of sp³-hybridized carbons (Fsp3) is 0.441. The zero-order valence-corrected chi connectivity index (χ0v) is 25.4. The van der Waals surface area contributed by atoms with Crippen molar-refractivity contribution in [3.63, 3.8) is 0 Å². The highest BCUT2D eigenvalue weighted by Crippen LogP contribution is 2.38. The zero-order chi connectivity index (χ0) is 29.9. The normalized spacial score (nSPS) is 17.1. The van der Waals surface area contributed by atoms with Crippen LogP contribution in [0.5, 0.6) is 5.75 Å². The number of ether oxygens (including phenoxy) is 1. The minimum atomic E-state index is -0.501. The highest BCUT2D eigenvalue weighted by atomic mass is 19.1. The second-order valence-electron chi connectivity index (χ2n) is 12.0. The van der Waals surface area contributed by atoms with E-state index in [9.17, 15) is 4.79 Å². The van der Waals surface area contributed by atoms with E-state index in [0.717, 1.165) is 61.4 Å². The molecule has 1 aliphatic carbocycles. The van der Waals surface area contributed by atoms with Crippen molar-refractivity contribution in [2.24, 2.45) is 0 Å². The lowest BCUT2D eigenvalue weighted by atomic mass is 10.0. The number of hydrogen-bond acceptors (Lipinski definition) is 7. The molecular weight excluding hydrogens is 543 g/mol. The van der Waals surface area contributed by atoms with Crippen molar-refractivity contribution in [3.8, 4) is 5.75 Å². The Labute approximate surface area is 252 Å². The van der Waals surface area contributed by atoms with Gasteiger partial charge in [0.15, 0.2) is 17.0 Å². The summed E-state index contributed by atoms with van der Waals surface area (Å²) in [5.74, 6) is -0.314. The van der Waals surface area contributed by atoms with Crippen LogP contribution in [0.15, 0.2) is 59.8 Å². The van der Waals surface area contributed by atoms with Crippen molar-refractivity contribution >= 4 is 16.6 Å². The summed E-state index contributed by atoms with van der Waals surface area (Å²) >= 11 is 0. The number of nitrogens with one attached hydrogen (secondary N) is 1. The van der Waals surface area contributed by atoms with E-state index in [0.29, 0.717) is 43.2 Å². The molecule has 2 aliphatic rings. The summed E-state index contributed by atoms with van der Waals surface area (Å²) in [5.41, 5.74) is 5.59. The highest BCUT2D eigenvalue weighted by molar-refractivity contribution is 5.81. The van der Waals surface area contributed by atoms with Crippen LogP contribution in [0.1, 0.15) is 54.2 Å². The molecule has 4 heterocycles. The third-order valence-corrected chi connectivity index (χ3v) is 8.60. The fourth-order valence-corrected chi connectivity index (χ4v) is 6.15. The maximum Gasteiger partial charge on any atom is 0.193 e. The zero-order valence-electron chi connectivity index (χ0n) is 25.4. The van der Waals surface area contributed by atoms with Gasteiger partial charge in [-0.2, -0.15) is 0 Å².